The van der Waals surface area contributed by atoms with Crippen molar-refractivity contribution in [2.45, 2.75) is 32.1 Å². The second-order valence-electron chi connectivity index (χ2n) is 3.27. The molecule has 0 aliphatic carbocycles. The molecule has 1 aliphatic rings. The van der Waals surface area contributed by atoms with Crippen LogP contribution in [0.2, 0.25) is 0 Å². The van der Waals surface area contributed by atoms with E-state index >= 15 is 0 Å². The van der Waals surface area contributed by atoms with E-state index in [4.69, 9.17) is 0 Å². The smallest absolute Gasteiger partial charge is 0.272 e. The van der Waals surface area contributed by atoms with Crippen LogP contribution in [0, 0.1) is 0 Å². The van der Waals surface area contributed by atoms with Gasteiger partial charge in [0, 0.05) is 0 Å². The molecule has 0 aromatic carbocycles. The molecule has 0 unspecified atom stereocenters. The van der Waals surface area contributed by atoms with Gasteiger partial charge in [-0.15, -0.1) is 0 Å². The van der Waals surface area contributed by atoms with E-state index in [-0.39, 0.29) is 13.1 Å². The first-order chi connectivity index (χ1) is 5.14. The zero-order chi connectivity index (χ0) is 8.32. The van der Waals surface area contributed by atoms with Gasteiger partial charge in [0.05, 0.1) is 13.1 Å². The molecule has 0 bridgehead atoms. The minimum absolute atomic E-state index is 0.0171. The summed E-state index contributed by atoms with van der Waals surface area (Å²) in [4.78, 5) is 1.82. The molecular formula is C8H15F2N. The highest BCUT2D eigenvalue weighted by molar-refractivity contribution is 4.86. The van der Waals surface area contributed by atoms with E-state index in [1.807, 2.05) is 4.90 Å². The van der Waals surface area contributed by atoms with Crippen LogP contribution < -0.4 is 0 Å². The van der Waals surface area contributed by atoms with Crippen LogP contribution in [-0.2, 0) is 0 Å². The third-order valence-electron chi connectivity index (χ3n) is 1.99. The fourth-order valence-corrected chi connectivity index (χ4v) is 1.35. The van der Waals surface area contributed by atoms with Crippen LogP contribution in [0.5, 0.6) is 0 Å². The fourth-order valence-electron chi connectivity index (χ4n) is 1.35. The quantitative estimate of drug-likeness (QED) is 0.574. The first-order valence-corrected chi connectivity index (χ1v) is 4.24. The summed E-state index contributed by atoms with van der Waals surface area (Å²) in [5.41, 5.74) is 0. The van der Waals surface area contributed by atoms with Crippen molar-refractivity contribution >= 4 is 0 Å². The summed E-state index contributed by atoms with van der Waals surface area (Å²) in [6, 6.07) is 0. The van der Waals surface area contributed by atoms with E-state index in [9.17, 15) is 8.78 Å². The molecule has 1 fully saturated rings. The minimum Gasteiger partial charge on any atom is -0.291 e. The van der Waals surface area contributed by atoms with Crippen LogP contribution in [0.4, 0.5) is 8.78 Å². The molecule has 1 nitrogen and oxygen atoms in total. The molecule has 0 spiro atoms. The van der Waals surface area contributed by atoms with E-state index in [2.05, 4.69) is 6.92 Å². The van der Waals surface area contributed by atoms with Crippen LogP contribution in [-0.4, -0.2) is 30.5 Å². The van der Waals surface area contributed by atoms with Gasteiger partial charge in [-0.25, -0.2) is 8.78 Å². The Labute approximate surface area is 66.4 Å². The third kappa shape index (κ3) is 2.73. The monoisotopic (exact) mass is 163 g/mol. The van der Waals surface area contributed by atoms with E-state index in [1.54, 1.807) is 0 Å². The van der Waals surface area contributed by atoms with Gasteiger partial charge in [-0.1, -0.05) is 19.8 Å². The number of unbranched alkanes of at least 4 members (excludes halogenated alkanes) is 2. The van der Waals surface area contributed by atoms with E-state index < -0.39 is 5.92 Å². The zero-order valence-electron chi connectivity index (χ0n) is 6.95. The summed E-state index contributed by atoms with van der Waals surface area (Å²) >= 11 is 0. The lowest BCUT2D eigenvalue weighted by Crippen LogP contribution is -2.56. The van der Waals surface area contributed by atoms with Gasteiger partial charge in [-0.3, -0.25) is 4.90 Å². The number of halogens is 2. The maximum absolute atomic E-state index is 12.3. The topological polar surface area (TPSA) is 3.24 Å². The van der Waals surface area contributed by atoms with Crippen molar-refractivity contribution in [2.75, 3.05) is 19.6 Å². The Kier molecular flexibility index (Phi) is 2.82. The first kappa shape index (κ1) is 8.91. The Morgan fingerprint density at radius 2 is 1.91 bits per heavy atom. The van der Waals surface area contributed by atoms with Gasteiger partial charge in [-0.05, 0) is 13.0 Å². The lowest BCUT2D eigenvalue weighted by molar-refractivity contribution is -0.130. The Balaban J connectivity index is 1.96. The van der Waals surface area contributed by atoms with Gasteiger partial charge in [0.2, 0.25) is 0 Å². The predicted molar refractivity (Wildman–Crippen MR) is 40.9 cm³/mol. The molecule has 11 heavy (non-hydrogen) atoms. The SMILES string of the molecule is CCCCCN1CC(F)(F)C1. The average Bonchev–Trinajstić information content (AvgIpc) is 1.84. The van der Waals surface area contributed by atoms with Gasteiger partial charge >= 0.3 is 0 Å². The van der Waals surface area contributed by atoms with Gasteiger partial charge in [0.15, 0.2) is 0 Å². The van der Waals surface area contributed by atoms with Gasteiger partial charge < -0.3 is 0 Å². The van der Waals surface area contributed by atoms with Crippen LogP contribution >= 0.6 is 0 Å². The molecule has 3 heteroatoms. The minimum atomic E-state index is -2.38. The normalized spacial score (nSPS) is 23.2. The Morgan fingerprint density at radius 1 is 1.27 bits per heavy atom. The van der Waals surface area contributed by atoms with Crippen molar-refractivity contribution in [3.8, 4) is 0 Å². The molecule has 0 atom stereocenters. The van der Waals surface area contributed by atoms with Crippen molar-refractivity contribution in [1.29, 1.82) is 0 Å². The molecule has 0 saturated carbocycles. The molecule has 0 aromatic rings. The van der Waals surface area contributed by atoms with Crippen LogP contribution in [0.3, 0.4) is 0 Å². The summed E-state index contributed by atoms with van der Waals surface area (Å²) in [6.07, 6.45) is 3.37. The predicted octanol–water partition coefficient (Wildman–Crippen LogP) is 2.13. The van der Waals surface area contributed by atoms with E-state index in [0.29, 0.717) is 0 Å². The molecule has 1 aliphatic heterocycles. The molecule has 0 radical (unpaired) electrons. The lowest BCUT2D eigenvalue weighted by Gasteiger charge is -2.38. The summed E-state index contributed by atoms with van der Waals surface area (Å²) in [5, 5.41) is 0. The maximum atomic E-state index is 12.3. The van der Waals surface area contributed by atoms with E-state index in [0.717, 1.165) is 25.8 Å². The molecule has 0 aromatic heterocycles. The zero-order valence-corrected chi connectivity index (χ0v) is 6.95. The molecule has 0 amide bonds. The van der Waals surface area contributed by atoms with Crippen LogP contribution in [0.15, 0.2) is 0 Å². The van der Waals surface area contributed by atoms with Crippen molar-refractivity contribution in [2.24, 2.45) is 0 Å². The van der Waals surface area contributed by atoms with Crippen molar-refractivity contribution in [1.82, 2.24) is 4.90 Å². The molecule has 1 saturated heterocycles. The molecular weight excluding hydrogens is 148 g/mol. The Hall–Kier alpha value is -0.180. The second kappa shape index (κ2) is 3.48. The number of nitrogens with zero attached hydrogens (tertiary/aromatic N) is 1. The summed E-state index contributed by atoms with van der Waals surface area (Å²) in [6.45, 7) is 2.93. The van der Waals surface area contributed by atoms with Crippen LogP contribution in [0.1, 0.15) is 26.2 Å². The molecule has 1 heterocycles. The second-order valence-corrected chi connectivity index (χ2v) is 3.27. The van der Waals surface area contributed by atoms with Gasteiger partial charge in [0.25, 0.3) is 5.92 Å². The number of likely N-dealkylation sites (tertiary alicyclic amines) is 1. The number of alkyl halides is 2. The molecule has 1 rings (SSSR count). The van der Waals surface area contributed by atoms with Crippen LogP contribution in [0.25, 0.3) is 0 Å². The van der Waals surface area contributed by atoms with Crippen molar-refractivity contribution in [3.05, 3.63) is 0 Å². The largest absolute Gasteiger partial charge is 0.291 e. The third-order valence-corrected chi connectivity index (χ3v) is 1.99. The summed E-state index contributed by atoms with van der Waals surface area (Å²) < 4.78 is 24.5. The molecule has 0 N–H and O–H groups in total. The van der Waals surface area contributed by atoms with E-state index in [1.165, 1.54) is 0 Å². The average molecular weight is 163 g/mol. The Morgan fingerprint density at radius 3 is 2.36 bits per heavy atom. The summed E-state index contributed by atoms with van der Waals surface area (Å²) in [7, 11) is 0. The maximum Gasteiger partial charge on any atom is 0.272 e. The highest BCUT2D eigenvalue weighted by atomic mass is 19.3. The van der Waals surface area contributed by atoms with Crippen molar-refractivity contribution < 1.29 is 8.78 Å². The standard InChI is InChI=1S/C8H15F2N/c1-2-3-4-5-11-6-8(9,10)7-11/h2-7H2,1H3. The van der Waals surface area contributed by atoms with Crippen molar-refractivity contribution in [3.63, 3.8) is 0 Å². The highest BCUT2D eigenvalue weighted by Gasteiger charge is 2.42. The highest BCUT2D eigenvalue weighted by Crippen LogP contribution is 2.26. The number of rotatable bonds is 4. The van der Waals surface area contributed by atoms with Gasteiger partial charge in [-0.2, -0.15) is 0 Å². The summed E-state index contributed by atoms with van der Waals surface area (Å²) in [5.74, 6) is -2.38. The fraction of sp³-hybridized carbons (Fsp3) is 1.00. The lowest BCUT2D eigenvalue weighted by atomic mass is 10.1. The molecule has 66 valence electrons. The number of hydrogen-bond acceptors (Lipinski definition) is 1. The van der Waals surface area contributed by atoms with Gasteiger partial charge in [0.1, 0.15) is 0 Å². The first-order valence-electron chi connectivity index (χ1n) is 4.24. The number of hydrogen-bond donors (Lipinski definition) is 0. The Bertz CT molecular complexity index is 117.